The number of nitrogens with one attached hydrogen (secondary N) is 1. The highest BCUT2D eigenvalue weighted by Gasteiger charge is 2.18. The van der Waals surface area contributed by atoms with Gasteiger partial charge in [-0.25, -0.2) is 19.3 Å². The number of hydrogen-bond acceptors (Lipinski definition) is 5. The first-order valence-electron chi connectivity index (χ1n) is 5.61. The Kier molecular flexibility index (Phi) is 2.32. The van der Waals surface area contributed by atoms with Crippen molar-refractivity contribution in [1.29, 1.82) is 0 Å². The van der Waals surface area contributed by atoms with Crippen LogP contribution >= 0.6 is 0 Å². The fraction of sp³-hybridized carbons (Fsp3) is 0.500. The second-order valence-corrected chi connectivity index (χ2v) is 4.26. The summed E-state index contributed by atoms with van der Waals surface area (Å²) in [6.07, 6.45) is 3.26. The minimum atomic E-state index is -0.224. The highest BCUT2D eigenvalue weighted by molar-refractivity contribution is 5.63. The molecule has 7 heteroatoms. The van der Waals surface area contributed by atoms with Crippen LogP contribution in [0.2, 0.25) is 0 Å². The smallest absolute Gasteiger partial charge is 0.347 e. The lowest BCUT2D eigenvalue weighted by Gasteiger charge is -2.32. The van der Waals surface area contributed by atoms with E-state index >= 15 is 0 Å². The Morgan fingerprint density at radius 3 is 2.82 bits per heavy atom. The van der Waals surface area contributed by atoms with E-state index in [0.29, 0.717) is 5.65 Å². The molecule has 1 saturated heterocycles. The normalized spacial score (nSPS) is 17.8. The highest BCUT2D eigenvalue weighted by atomic mass is 16.1. The summed E-state index contributed by atoms with van der Waals surface area (Å²) in [6, 6.07) is 0. The summed E-state index contributed by atoms with van der Waals surface area (Å²) in [5.41, 5.74) is 0.375. The SMILES string of the molecule is CN1CCN(c2nccn3c(=O)[nH]nc23)CC1. The van der Waals surface area contributed by atoms with Gasteiger partial charge in [0.25, 0.3) is 0 Å². The van der Waals surface area contributed by atoms with E-state index in [9.17, 15) is 4.79 Å². The van der Waals surface area contributed by atoms with Gasteiger partial charge in [0.15, 0.2) is 5.82 Å². The van der Waals surface area contributed by atoms with Crippen LogP contribution in [0.3, 0.4) is 0 Å². The predicted octanol–water partition coefficient (Wildman–Crippen LogP) is -0.831. The van der Waals surface area contributed by atoms with Crippen LogP contribution in [-0.4, -0.2) is 57.7 Å². The molecule has 17 heavy (non-hydrogen) atoms. The van der Waals surface area contributed by atoms with Crippen molar-refractivity contribution in [2.75, 3.05) is 38.1 Å². The zero-order valence-electron chi connectivity index (χ0n) is 9.63. The van der Waals surface area contributed by atoms with Crippen molar-refractivity contribution in [2.45, 2.75) is 0 Å². The average molecular weight is 234 g/mol. The first kappa shape index (κ1) is 10.3. The molecular formula is C10H14N6O. The van der Waals surface area contributed by atoms with Gasteiger partial charge in [-0.3, -0.25) is 0 Å². The summed E-state index contributed by atoms with van der Waals surface area (Å²) >= 11 is 0. The van der Waals surface area contributed by atoms with Crippen LogP contribution in [0.1, 0.15) is 0 Å². The van der Waals surface area contributed by atoms with E-state index in [1.165, 1.54) is 4.40 Å². The minimum absolute atomic E-state index is 0.224. The molecule has 2 aromatic heterocycles. The number of anilines is 1. The van der Waals surface area contributed by atoms with E-state index in [0.717, 1.165) is 32.0 Å². The van der Waals surface area contributed by atoms with Gasteiger partial charge in [0.05, 0.1) is 0 Å². The Labute approximate surface area is 97.7 Å². The molecule has 0 aliphatic carbocycles. The summed E-state index contributed by atoms with van der Waals surface area (Å²) in [5.74, 6) is 0.777. The number of H-pyrrole nitrogens is 1. The highest BCUT2D eigenvalue weighted by Crippen LogP contribution is 2.16. The Hall–Kier alpha value is -1.89. The molecule has 1 N–H and O–H groups in total. The molecule has 90 valence electrons. The van der Waals surface area contributed by atoms with Crippen LogP contribution in [0.5, 0.6) is 0 Å². The largest absolute Gasteiger partial charge is 0.351 e. The summed E-state index contributed by atoms with van der Waals surface area (Å²) in [6.45, 7) is 3.81. The maximum atomic E-state index is 11.5. The van der Waals surface area contributed by atoms with Gasteiger partial charge in [-0.1, -0.05) is 0 Å². The number of aromatic amines is 1. The molecule has 7 nitrogen and oxygen atoms in total. The fourth-order valence-electron chi connectivity index (χ4n) is 2.07. The van der Waals surface area contributed by atoms with Gasteiger partial charge in [0, 0.05) is 38.6 Å². The maximum Gasteiger partial charge on any atom is 0.347 e. The number of nitrogens with zero attached hydrogens (tertiary/aromatic N) is 5. The first-order valence-corrected chi connectivity index (χ1v) is 5.61. The second-order valence-electron chi connectivity index (χ2n) is 4.26. The molecule has 0 bridgehead atoms. The Bertz CT molecular complexity index is 580. The van der Waals surface area contributed by atoms with Crippen LogP contribution in [0, 0.1) is 0 Å². The van der Waals surface area contributed by atoms with Crippen molar-refractivity contribution in [2.24, 2.45) is 0 Å². The molecule has 0 amide bonds. The molecule has 3 rings (SSSR count). The Morgan fingerprint density at radius 2 is 2.06 bits per heavy atom. The topological polar surface area (TPSA) is 69.5 Å². The molecule has 0 unspecified atom stereocenters. The van der Waals surface area contributed by atoms with Gasteiger partial charge >= 0.3 is 5.69 Å². The van der Waals surface area contributed by atoms with Gasteiger partial charge in [-0.2, -0.15) is 0 Å². The fourth-order valence-corrected chi connectivity index (χ4v) is 2.07. The molecule has 1 aliphatic heterocycles. The molecule has 0 radical (unpaired) electrons. The number of fused-ring (bicyclic) bond motifs is 1. The van der Waals surface area contributed by atoms with Crippen molar-refractivity contribution in [3.05, 3.63) is 22.9 Å². The quantitative estimate of drug-likeness (QED) is 0.697. The molecule has 0 saturated carbocycles. The van der Waals surface area contributed by atoms with E-state index < -0.39 is 0 Å². The van der Waals surface area contributed by atoms with Crippen LogP contribution < -0.4 is 10.6 Å². The van der Waals surface area contributed by atoms with E-state index in [-0.39, 0.29) is 5.69 Å². The monoisotopic (exact) mass is 234 g/mol. The average Bonchev–Trinajstić information content (AvgIpc) is 2.73. The number of likely N-dealkylation sites (N-methyl/N-ethyl adjacent to an activating group) is 1. The van der Waals surface area contributed by atoms with E-state index in [2.05, 4.69) is 32.0 Å². The first-order chi connectivity index (χ1) is 8.25. The number of aromatic nitrogens is 4. The number of hydrogen-bond donors (Lipinski definition) is 1. The van der Waals surface area contributed by atoms with Crippen molar-refractivity contribution in [1.82, 2.24) is 24.5 Å². The molecule has 0 aromatic carbocycles. The molecule has 2 aromatic rings. The van der Waals surface area contributed by atoms with Gasteiger partial charge in [0.1, 0.15) is 0 Å². The van der Waals surface area contributed by atoms with Gasteiger partial charge < -0.3 is 9.80 Å². The molecular weight excluding hydrogens is 220 g/mol. The van der Waals surface area contributed by atoms with Crippen LogP contribution in [-0.2, 0) is 0 Å². The number of rotatable bonds is 1. The van der Waals surface area contributed by atoms with Gasteiger partial charge in [-0.15, -0.1) is 5.10 Å². The van der Waals surface area contributed by atoms with Crippen molar-refractivity contribution < 1.29 is 0 Å². The maximum absolute atomic E-state index is 11.5. The lowest BCUT2D eigenvalue weighted by Crippen LogP contribution is -2.45. The molecule has 0 atom stereocenters. The van der Waals surface area contributed by atoms with Crippen molar-refractivity contribution >= 4 is 11.5 Å². The zero-order valence-corrected chi connectivity index (χ0v) is 9.63. The Balaban J connectivity index is 2.02. The van der Waals surface area contributed by atoms with Crippen molar-refractivity contribution in [3.63, 3.8) is 0 Å². The lowest BCUT2D eigenvalue weighted by molar-refractivity contribution is 0.312. The van der Waals surface area contributed by atoms with E-state index in [4.69, 9.17) is 0 Å². The summed E-state index contributed by atoms with van der Waals surface area (Å²) < 4.78 is 1.49. The van der Waals surface area contributed by atoms with Crippen LogP contribution in [0.4, 0.5) is 5.82 Å². The molecule has 1 aliphatic rings. The molecule has 0 spiro atoms. The Morgan fingerprint density at radius 1 is 1.29 bits per heavy atom. The third kappa shape index (κ3) is 1.68. The van der Waals surface area contributed by atoms with Crippen LogP contribution in [0.25, 0.3) is 5.65 Å². The summed E-state index contributed by atoms with van der Waals surface area (Å²) in [5, 5.41) is 6.47. The van der Waals surface area contributed by atoms with E-state index in [1.807, 2.05) is 0 Å². The zero-order chi connectivity index (χ0) is 11.8. The standard InChI is InChI=1S/C10H14N6O/c1-14-4-6-15(7-5-14)8-9-12-13-10(17)16(9)3-2-11-8/h2-3H,4-7H2,1H3,(H,13,17). The van der Waals surface area contributed by atoms with E-state index in [1.54, 1.807) is 12.4 Å². The third-order valence-electron chi connectivity index (χ3n) is 3.12. The third-order valence-corrected chi connectivity index (χ3v) is 3.12. The van der Waals surface area contributed by atoms with Gasteiger partial charge in [-0.05, 0) is 7.05 Å². The number of piperazine rings is 1. The van der Waals surface area contributed by atoms with Gasteiger partial charge in [0.2, 0.25) is 5.65 Å². The predicted molar refractivity (Wildman–Crippen MR) is 63.3 cm³/mol. The molecule has 3 heterocycles. The van der Waals surface area contributed by atoms with Crippen molar-refractivity contribution in [3.8, 4) is 0 Å². The second kappa shape index (κ2) is 3.85. The lowest BCUT2D eigenvalue weighted by atomic mass is 10.3. The summed E-state index contributed by atoms with van der Waals surface area (Å²) in [4.78, 5) is 20.2. The minimum Gasteiger partial charge on any atom is -0.351 e. The van der Waals surface area contributed by atoms with Crippen LogP contribution in [0.15, 0.2) is 17.2 Å². The summed E-state index contributed by atoms with van der Waals surface area (Å²) in [7, 11) is 2.10. The molecule has 1 fully saturated rings.